The Kier molecular flexibility index (Phi) is 2.79. The van der Waals surface area contributed by atoms with Crippen LogP contribution in [0.1, 0.15) is 16.1 Å². The molecule has 16 heavy (non-hydrogen) atoms. The van der Waals surface area contributed by atoms with Gasteiger partial charge in [-0.2, -0.15) is 5.10 Å². The monoisotopic (exact) mass is 234 g/mol. The summed E-state index contributed by atoms with van der Waals surface area (Å²) in [5.41, 5.74) is 3.41. The minimum atomic E-state index is 0.472. The van der Waals surface area contributed by atoms with Gasteiger partial charge in [0.15, 0.2) is 6.29 Å². The number of aromatic nitrogens is 2. The highest BCUT2D eigenvalue weighted by Gasteiger charge is 2.08. The van der Waals surface area contributed by atoms with Gasteiger partial charge in [-0.05, 0) is 24.6 Å². The summed E-state index contributed by atoms with van der Waals surface area (Å²) in [6.45, 7) is 1.94. The van der Waals surface area contributed by atoms with Gasteiger partial charge in [0, 0.05) is 24.4 Å². The molecule has 0 aliphatic rings. The first kappa shape index (κ1) is 10.9. The van der Waals surface area contributed by atoms with Gasteiger partial charge >= 0.3 is 0 Å². The van der Waals surface area contributed by atoms with E-state index in [2.05, 4.69) is 5.10 Å². The molecule has 0 atom stereocenters. The summed E-state index contributed by atoms with van der Waals surface area (Å²) >= 11 is 5.88. The van der Waals surface area contributed by atoms with Gasteiger partial charge in [0.2, 0.25) is 0 Å². The molecule has 0 spiro atoms. The number of aldehydes is 1. The molecule has 0 unspecified atom stereocenters. The van der Waals surface area contributed by atoms with Crippen molar-refractivity contribution in [2.45, 2.75) is 6.92 Å². The molecule has 2 rings (SSSR count). The second-order valence-electron chi connectivity index (χ2n) is 3.66. The Labute approximate surface area is 98.7 Å². The molecule has 0 bridgehead atoms. The maximum Gasteiger partial charge on any atom is 0.151 e. The highest BCUT2D eigenvalue weighted by Crippen LogP contribution is 2.26. The van der Waals surface area contributed by atoms with Gasteiger partial charge < -0.3 is 0 Å². The zero-order chi connectivity index (χ0) is 11.7. The van der Waals surface area contributed by atoms with E-state index in [4.69, 9.17) is 11.6 Å². The quantitative estimate of drug-likeness (QED) is 0.749. The Morgan fingerprint density at radius 3 is 2.75 bits per heavy atom. The number of hydrogen-bond donors (Lipinski definition) is 0. The number of carbonyl (C=O) groups excluding carboxylic acids is 1. The van der Waals surface area contributed by atoms with Crippen LogP contribution in [-0.4, -0.2) is 16.1 Å². The third-order valence-electron chi connectivity index (χ3n) is 2.45. The van der Waals surface area contributed by atoms with Gasteiger partial charge in [-0.3, -0.25) is 9.48 Å². The maximum absolute atomic E-state index is 10.8. The SMILES string of the molecule is Cc1nn(C)cc1-c1ccc(Cl)c(C=O)c1. The Morgan fingerprint density at radius 1 is 1.44 bits per heavy atom. The molecule has 0 aliphatic carbocycles. The maximum atomic E-state index is 10.8. The van der Waals surface area contributed by atoms with Gasteiger partial charge in [0.1, 0.15) is 0 Å². The molecule has 82 valence electrons. The molecule has 2 aromatic rings. The van der Waals surface area contributed by atoms with Crippen LogP contribution >= 0.6 is 11.6 Å². The molecule has 0 radical (unpaired) electrons. The van der Waals surface area contributed by atoms with Crippen LogP contribution in [0, 0.1) is 6.92 Å². The van der Waals surface area contributed by atoms with E-state index in [1.807, 2.05) is 26.2 Å². The molecule has 0 fully saturated rings. The summed E-state index contributed by atoms with van der Waals surface area (Å²) in [5.74, 6) is 0. The van der Waals surface area contributed by atoms with E-state index in [1.165, 1.54) is 0 Å². The average Bonchev–Trinajstić information content (AvgIpc) is 2.59. The third kappa shape index (κ3) is 1.86. The van der Waals surface area contributed by atoms with Crippen molar-refractivity contribution in [3.63, 3.8) is 0 Å². The fourth-order valence-electron chi connectivity index (χ4n) is 1.68. The lowest BCUT2D eigenvalue weighted by Gasteiger charge is -2.01. The van der Waals surface area contributed by atoms with Crippen molar-refractivity contribution in [1.29, 1.82) is 0 Å². The fraction of sp³-hybridized carbons (Fsp3) is 0.167. The number of rotatable bonds is 2. The molecule has 0 saturated carbocycles. The van der Waals surface area contributed by atoms with Crippen molar-refractivity contribution in [3.05, 3.63) is 40.7 Å². The van der Waals surface area contributed by atoms with Crippen molar-refractivity contribution < 1.29 is 4.79 Å². The minimum absolute atomic E-state index is 0.472. The van der Waals surface area contributed by atoms with E-state index < -0.39 is 0 Å². The third-order valence-corrected chi connectivity index (χ3v) is 2.79. The Bertz CT molecular complexity index is 546. The van der Waals surface area contributed by atoms with Crippen molar-refractivity contribution in [2.24, 2.45) is 7.05 Å². The number of carbonyl (C=O) groups is 1. The Morgan fingerprint density at radius 2 is 2.19 bits per heavy atom. The van der Waals surface area contributed by atoms with Crippen LogP contribution in [0.25, 0.3) is 11.1 Å². The first-order valence-electron chi connectivity index (χ1n) is 4.87. The summed E-state index contributed by atoms with van der Waals surface area (Å²) < 4.78 is 1.75. The molecule has 3 nitrogen and oxygen atoms in total. The molecule has 0 N–H and O–H groups in total. The summed E-state index contributed by atoms with van der Waals surface area (Å²) in [5, 5.41) is 4.73. The molecule has 1 aromatic heterocycles. The van der Waals surface area contributed by atoms with E-state index in [1.54, 1.807) is 16.8 Å². The second kappa shape index (κ2) is 4.10. The number of nitrogens with zero attached hydrogens (tertiary/aromatic N) is 2. The molecular weight excluding hydrogens is 224 g/mol. The summed E-state index contributed by atoms with van der Waals surface area (Å²) in [7, 11) is 1.87. The van der Waals surface area contributed by atoms with E-state index in [0.29, 0.717) is 10.6 Å². The van der Waals surface area contributed by atoms with Crippen LogP contribution in [0.5, 0.6) is 0 Å². The standard InChI is InChI=1S/C12H11ClN2O/c1-8-11(6-15(2)14-8)9-3-4-12(13)10(5-9)7-16/h3-7H,1-2H3. The predicted molar refractivity (Wildman–Crippen MR) is 63.8 cm³/mol. The number of hydrogen-bond acceptors (Lipinski definition) is 2. The van der Waals surface area contributed by atoms with Gasteiger partial charge in [-0.25, -0.2) is 0 Å². The smallest absolute Gasteiger partial charge is 0.151 e. The van der Waals surface area contributed by atoms with Gasteiger partial charge in [-0.15, -0.1) is 0 Å². The van der Waals surface area contributed by atoms with Crippen LogP contribution < -0.4 is 0 Å². The second-order valence-corrected chi connectivity index (χ2v) is 4.06. The Balaban J connectivity index is 2.56. The van der Waals surface area contributed by atoms with Crippen LogP contribution in [0.4, 0.5) is 0 Å². The lowest BCUT2D eigenvalue weighted by molar-refractivity contribution is 0.112. The van der Waals surface area contributed by atoms with Gasteiger partial charge in [0.25, 0.3) is 0 Å². The average molecular weight is 235 g/mol. The van der Waals surface area contributed by atoms with Crippen LogP contribution in [-0.2, 0) is 7.05 Å². The summed E-state index contributed by atoms with van der Waals surface area (Å²) in [4.78, 5) is 10.8. The normalized spacial score (nSPS) is 10.4. The van der Waals surface area contributed by atoms with E-state index in [9.17, 15) is 4.79 Å². The first-order chi connectivity index (χ1) is 7.61. The minimum Gasteiger partial charge on any atom is -0.298 e. The van der Waals surface area contributed by atoms with Crippen molar-refractivity contribution >= 4 is 17.9 Å². The van der Waals surface area contributed by atoms with Crippen molar-refractivity contribution in [1.82, 2.24) is 9.78 Å². The molecule has 4 heteroatoms. The zero-order valence-electron chi connectivity index (χ0n) is 9.07. The molecule has 0 aliphatic heterocycles. The van der Waals surface area contributed by atoms with Crippen LogP contribution in [0.3, 0.4) is 0 Å². The summed E-state index contributed by atoms with van der Waals surface area (Å²) in [6.07, 6.45) is 2.69. The topological polar surface area (TPSA) is 34.9 Å². The lowest BCUT2D eigenvalue weighted by Crippen LogP contribution is -1.86. The van der Waals surface area contributed by atoms with Gasteiger partial charge in [0.05, 0.1) is 10.7 Å². The zero-order valence-corrected chi connectivity index (χ0v) is 9.82. The first-order valence-corrected chi connectivity index (χ1v) is 5.25. The van der Waals surface area contributed by atoms with Crippen LogP contribution in [0.15, 0.2) is 24.4 Å². The highest BCUT2D eigenvalue weighted by atomic mass is 35.5. The lowest BCUT2D eigenvalue weighted by atomic mass is 10.0. The predicted octanol–water partition coefficient (Wildman–Crippen LogP) is 2.86. The molecular formula is C12H11ClN2O. The highest BCUT2D eigenvalue weighted by molar-refractivity contribution is 6.33. The molecule has 0 amide bonds. The largest absolute Gasteiger partial charge is 0.298 e. The van der Waals surface area contributed by atoms with Crippen molar-refractivity contribution in [3.8, 4) is 11.1 Å². The van der Waals surface area contributed by atoms with E-state index in [-0.39, 0.29) is 0 Å². The molecule has 1 heterocycles. The van der Waals surface area contributed by atoms with Crippen molar-refractivity contribution in [2.75, 3.05) is 0 Å². The van der Waals surface area contributed by atoms with E-state index >= 15 is 0 Å². The van der Waals surface area contributed by atoms with Gasteiger partial charge in [-0.1, -0.05) is 17.7 Å². The van der Waals surface area contributed by atoms with Crippen LogP contribution in [0.2, 0.25) is 5.02 Å². The number of benzene rings is 1. The number of halogens is 1. The molecule has 0 saturated heterocycles. The number of aryl methyl sites for hydroxylation is 2. The Hall–Kier alpha value is -1.61. The summed E-state index contributed by atoms with van der Waals surface area (Å²) in [6, 6.07) is 5.39. The van der Waals surface area contributed by atoms with E-state index in [0.717, 1.165) is 23.1 Å². The molecule has 1 aromatic carbocycles. The fourth-order valence-corrected chi connectivity index (χ4v) is 1.85.